The predicted molar refractivity (Wildman–Crippen MR) is 63.7 cm³/mol. The van der Waals surface area contributed by atoms with Crippen LogP contribution in [0.25, 0.3) is 0 Å². The molecule has 1 N–H and O–H groups in total. The highest BCUT2D eigenvalue weighted by atomic mass is 32.2. The Morgan fingerprint density at radius 1 is 1.56 bits per heavy atom. The van der Waals surface area contributed by atoms with E-state index in [9.17, 15) is 18.5 Å². The molecule has 0 aliphatic carbocycles. The largest absolute Gasteiger partial charge is 0.497 e. The zero-order valence-electron chi connectivity index (χ0n) is 9.41. The molecule has 0 heterocycles. The molecule has 1 aromatic rings. The van der Waals surface area contributed by atoms with Crippen molar-refractivity contribution in [1.82, 2.24) is 4.72 Å². The monoisotopic (exact) mass is 270 g/mol. The molecule has 8 heteroatoms. The van der Waals surface area contributed by atoms with Gasteiger partial charge in [-0.1, -0.05) is 5.92 Å². The van der Waals surface area contributed by atoms with Crippen LogP contribution >= 0.6 is 0 Å². The van der Waals surface area contributed by atoms with Gasteiger partial charge < -0.3 is 4.74 Å². The molecule has 0 atom stereocenters. The van der Waals surface area contributed by atoms with E-state index in [4.69, 9.17) is 11.2 Å². The zero-order valence-corrected chi connectivity index (χ0v) is 10.2. The van der Waals surface area contributed by atoms with Gasteiger partial charge in [0.2, 0.25) is 10.0 Å². The number of terminal acetylenes is 1. The summed E-state index contributed by atoms with van der Waals surface area (Å²) in [6.07, 6.45) is 4.93. The van der Waals surface area contributed by atoms with Gasteiger partial charge in [-0.3, -0.25) is 10.1 Å². The molecule has 0 bridgehead atoms. The summed E-state index contributed by atoms with van der Waals surface area (Å²) >= 11 is 0. The number of nitrogens with one attached hydrogen (secondary N) is 1. The molecule has 0 aromatic heterocycles. The molecule has 0 saturated heterocycles. The minimum atomic E-state index is -4.01. The van der Waals surface area contributed by atoms with Crippen LogP contribution in [0.2, 0.25) is 0 Å². The van der Waals surface area contributed by atoms with E-state index in [1.165, 1.54) is 13.2 Å². The van der Waals surface area contributed by atoms with Crippen molar-refractivity contribution in [1.29, 1.82) is 0 Å². The molecule has 96 valence electrons. The van der Waals surface area contributed by atoms with Crippen molar-refractivity contribution >= 4 is 15.7 Å². The Kier molecular flexibility index (Phi) is 4.25. The van der Waals surface area contributed by atoms with Crippen LogP contribution in [0.1, 0.15) is 0 Å². The van der Waals surface area contributed by atoms with Crippen LogP contribution in [0.5, 0.6) is 5.75 Å². The van der Waals surface area contributed by atoms with Crippen molar-refractivity contribution < 1.29 is 18.1 Å². The van der Waals surface area contributed by atoms with E-state index in [1.807, 2.05) is 4.72 Å². The summed E-state index contributed by atoms with van der Waals surface area (Å²) in [5, 5.41) is 10.8. The maximum Gasteiger partial charge on any atom is 0.293 e. The summed E-state index contributed by atoms with van der Waals surface area (Å²) in [6.45, 7) is -0.245. The second kappa shape index (κ2) is 5.48. The summed E-state index contributed by atoms with van der Waals surface area (Å²) in [5.74, 6) is 2.27. The van der Waals surface area contributed by atoms with Crippen molar-refractivity contribution in [3.8, 4) is 18.1 Å². The molecule has 7 nitrogen and oxygen atoms in total. The van der Waals surface area contributed by atoms with Gasteiger partial charge >= 0.3 is 0 Å². The van der Waals surface area contributed by atoms with Crippen LogP contribution in [0.4, 0.5) is 5.69 Å². The van der Waals surface area contributed by atoms with Crippen molar-refractivity contribution in [2.24, 2.45) is 0 Å². The fourth-order valence-corrected chi connectivity index (χ4v) is 2.29. The van der Waals surface area contributed by atoms with Gasteiger partial charge in [0.05, 0.1) is 24.6 Å². The Labute approximate surface area is 104 Å². The van der Waals surface area contributed by atoms with E-state index in [1.54, 1.807) is 0 Å². The van der Waals surface area contributed by atoms with Crippen LogP contribution in [-0.2, 0) is 10.0 Å². The first-order valence-corrected chi connectivity index (χ1v) is 6.16. The topological polar surface area (TPSA) is 98.5 Å². The van der Waals surface area contributed by atoms with E-state index in [0.29, 0.717) is 0 Å². The smallest absolute Gasteiger partial charge is 0.293 e. The van der Waals surface area contributed by atoms with Gasteiger partial charge in [-0.05, 0) is 12.1 Å². The lowest BCUT2D eigenvalue weighted by molar-refractivity contribution is -0.387. The maximum atomic E-state index is 11.8. The summed E-state index contributed by atoms with van der Waals surface area (Å²) in [4.78, 5) is 9.57. The molecule has 0 radical (unpaired) electrons. The Morgan fingerprint density at radius 3 is 2.72 bits per heavy atom. The molecule has 0 saturated carbocycles. The second-order valence-corrected chi connectivity index (χ2v) is 4.85. The standard InChI is InChI=1S/C10H10N2O5S/c1-3-6-11-18(15,16)10-5-4-8(17-2)7-9(10)12(13)14/h1,4-5,7,11H,6H2,2H3. The maximum absolute atomic E-state index is 11.8. The first-order valence-electron chi connectivity index (χ1n) is 4.68. The number of sulfonamides is 1. The Morgan fingerprint density at radius 2 is 2.22 bits per heavy atom. The first kappa shape index (κ1) is 14.0. The summed E-state index contributed by atoms with van der Waals surface area (Å²) in [6, 6.07) is 3.44. The van der Waals surface area contributed by atoms with Gasteiger partial charge in [0, 0.05) is 0 Å². The molecule has 0 spiro atoms. The van der Waals surface area contributed by atoms with E-state index in [2.05, 4.69) is 5.92 Å². The van der Waals surface area contributed by atoms with Crippen molar-refractivity contribution in [2.75, 3.05) is 13.7 Å². The van der Waals surface area contributed by atoms with E-state index in [0.717, 1.165) is 12.1 Å². The average molecular weight is 270 g/mol. The summed E-state index contributed by atoms with van der Waals surface area (Å²) in [5.41, 5.74) is -0.570. The molecule has 0 amide bonds. The number of rotatable bonds is 5. The molecule has 0 fully saturated rings. The Bertz CT molecular complexity index is 603. The number of methoxy groups -OCH3 is 1. The fourth-order valence-electron chi connectivity index (χ4n) is 1.21. The highest BCUT2D eigenvalue weighted by molar-refractivity contribution is 7.89. The van der Waals surface area contributed by atoms with Crippen molar-refractivity contribution in [2.45, 2.75) is 4.90 Å². The molecule has 1 aromatic carbocycles. The number of nitro benzene ring substituents is 1. The molecular formula is C10H10N2O5S. The fraction of sp³-hybridized carbons (Fsp3) is 0.200. The van der Waals surface area contributed by atoms with E-state index in [-0.39, 0.29) is 12.3 Å². The van der Waals surface area contributed by atoms with Crippen molar-refractivity contribution in [3.05, 3.63) is 28.3 Å². The second-order valence-electron chi connectivity index (χ2n) is 3.12. The molecular weight excluding hydrogens is 260 g/mol. The van der Waals surface area contributed by atoms with Gasteiger partial charge in [-0.15, -0.1) is 6.42 Å². The van der Waals surface area contributed by atoms with E-state index < -0.39 is 25.5 Å². The van der Waals surface area contributed by atoms with Gasteiger partial charge in [0.25, 0.3) is 5.69 Å². The van der Waals surface area contributed by atoms with Gasteiger partial charge in [-0.2, -0.15) is 4.72 Å². The normalized spacial score (nSPS) is 10.7. The number of ether oxygens (including phenoxy) is 1. The van der Waals surface area contributed by atoms with Gasteiger partial charge in [-0.25, -0.2) is 8.42 Å². The third-order valence-corrected chi connectivity index (χ3v) is 3.47. The summed E-state index contributed by atoms with van der Waals surface area (Å²) < 4.78 is 30.4. The van der Waals surface area contributed by atoms with Gasteiger partial charge in [0.15, 0.2) is 4.90 Å². The number of benzene rings is 1. The first-order chi connectivity index (χ1) is 8.42. The summed E-state index contributed by atoms with van der Waals surface area (Å²) in [7, 11) is -2.69. The highest BCUT2D eigenvalue weighted by Crippen LogP contribution is 2.27. The molecule has 0 aliphatic heterocycles. The van der Waals surface area contributed by atoms with Crippen LogP contribution in [0, 0.1) is 22.5 Å². The third-order valence-electron chi connectivity index (χ3n) is 2.02. The quantitative estimate of drug-likeness (QED) is 0.477. The predicted octanol–water partition coefficient (Wildman–Crippen LogP) is 0.515. The molecule has 1 rings (SSSR count). The number of hydrogen-bond donors (Lipinski definition) is 1. The highest BCUT2D eigenvalue weighted by Gasteiger charge is 2.25. The number of nitro groups is 1. The number of hydrogen-bond acceptors (Lipinski definition) is 5. The lowest BCUT2D eigenvalue weighted by Gasteiger charge is -2.06. The van der Waals surface area contributed by atoms with Crippen LogP contribution in [0.3, 0.4) is 0 Å². The Hall–Kier alpha value is -2.11. The minimum absolute atomic E-state index is 0.192. The third kappa shape index (κ3) is 2.97. The molecule has 18 heavy (non-hydrogen) atoms. The zero-order chi connectivity index (χ0) is 13.8. The SMILES string of the molecule is C#CCNS(=O)(=O)c1ccc(OC)cc1[N+](=O)[O-]. The van der Waals surface area contributed by atoms with Crippen LogP contribution < -0.4 is 9.46 Å². The lowest BCUT2D eigenvalue weighted by Crippen LogP contribution is -2.24. The number of nitrogens with zero attached hydrogens (tertiary/aromatic N) is 1. The minimum Gasteiger partial charge on any atom is -0.497 e. The van der Waals surface area contributed by atoms with E-state index >= 15 is 0 Å². The average Bonchev–Trinajstić information content (AvgIpc) is 2.35. The molecule has 0 aliphatic rings. The van der Waals surface area contributed by atoms with Crippen molar-refractivity contribution in [3.63, 3.8) is 0 Å². The van der Waals surface area contributed by atoms with Gasteiger partial charge in [0.1, 0.15) is 5.75 Å². The Balaban J connectivity index is 3.33. The lowest BCUT2D eigenvalue weighted by atomic mass is 10.3. The molecule has 0 unspecified atom stereocenters. The van der Waals surface area contributed by atoms with Crippen LogP contribution in [-0.4, -0.2) is 27.0 Å². The van der Waals surface area contributed by atoms with Crippen LogP contribution in [0.15, 0.2) is 23.1 Å².